The fraction of sp³-hybridized carbons (Fsp3) is 1.00. The van der Waals surface area contributed by atoms with Gasteiger partial charge in [0.05, 0.1) is 5.60 Å². The predicted molar refractivity (Wildman–Crippen MR) is 74.5 cm³/mol. The van der Waals surface area contributed by atoms with E-state index in [4.69, 9.17) is 10.5 Å². The molecule has 18 heavy (non-hydrogen) atoms. The fourth-order valence-corrected chi connectivity index (χ4v) is 2.28. The van der Waals surface area contributed by atoms with E-state index in [9.17, 15) is 5.11 Å². The van der Waals surface area contributed by atoms with Crippen molar-refractivity contribution in [2.24, 2.45) is 11.1 Å². The average molecular weight is 258 g/mol. The highest BCUT2D eigenvalue weighted by Crippen LogP contribution is 2.23. The zero-order valence-corrected chi connectivity index (χ0v) is 12.4. The smallest absolute Gasteiger partial charge is 0.0817 e. The van der Waals surface area contributed by atoms with Crippen molar-refractivity contribution in [2.45, 2.75) is 51.7 Å². The largest absolute Gasteiger partial charge is 0.388 e. The van der Waals surface area contributed by atoms with Gasteiger partial charge in [0, 0.05) is 38.6 Å². The molecule has 0 saturated carbocycles. The SMILES string of the molecule is CN(CCC(N)C(C)(C)C)CC1(O)CCOCC1. The number of hydrogen-bond acceptors (Lipinski definition) is 4. The zero-order chi connectivity index (χ0) is 13.8. The van der Waals surface area contributed by atoms with E-state index < -0.39 is 5.60 Å². The molecule has 4 nitrogen and oxygen atoms in total. The molecule has 108 valence electrons. The van der Waals surface area contributed by atoms with E-state index in [0.717, 1.165) is 25.8 Å². The van der Waals surface area contributed by atoms with Crippen molar-refractivity contribution in [1.82, 2.24) is 4.90 Å². The van der Waals surface area contributed by atoms with Crippen molar-refractivity contribution in [1.29, 1.82) is 0 Å². The first-order chi connectivity index (χ1) is 8.23. The number of rotatable bonds is 5. The Hall–Kier alpha value is -0.160. The lowest BCUT2D eigenvalue weighted by atomic mass is 9.85. The molecule has 0 amide bonds. The third kappa shape index (κ3) is 5.22. The number of nitrogens with zero attached hydrogens (tertiary/aromatic N) is 1. The Morgan fingerprint density at radius 2 is 1.89 bits per heavy atom. The van der Waals surface area contributed by atoms with Gasteiger partial charge in [-0.25, -0.2) is 0 Å². The third-order valence-electron chi connectivity index (χ3n) is 3.92. The van der Waals surface area contributed by atoms with Gasteiger partial charge in [-0.15, -0.1) is 0 Å². The van der Waals surface area contributed by atoms with Gasteiger partial charge in [-0.1, -0.05) is 20.8 Å². The molecule has 1 saturated heterocycles. The van der Waals surface area contributed by atoms with Crippen molar-refractivity contribution in [3.8, 4) is 0 Å². The van der Waals surface area contributed by atoms with Crippen molar-refractivity contribution in [3.05, 3.63) is 0 Å². The second-order valence-corrected chi connectivity index (χ2v) is 6.84. The van der Waals surface area contributed by atoms with Gasteiger partial charge in [-0.3, -0.25) is 0 Å². The van der Waals surface area contributed by atoms with E-state index in [0.29, 0.717) is 19.8 Å². The Morgan fingerprint density at radius 3 is 2.39 bits per heavy atom. The number of likely N-dealkylation sites (N-methyl/N-ethyl adjacent to an activating group) is 1. The molecule has 1 atom stereocenters. The van der Waals surface area contributed by atoms with Crippen LogP contribution in [0.3, 0.4) is 0 Å². The van der Waals surface area contributed by atoms with Crippen LogP contribution in [0.1, 0.15) is 40.0 Å². The van der Waals surface area contributed by atoms with Crippen LogP contribution >= 0.6 is 0 Å². The molecular weight excluding hydrogens is 228 g/mol. The monoisotopic (exact) mass is 258 g/mol. The number of nitrogens with two attached hydrogens (primary N) is 1. The lowest BCUT2D eigenvalue weighted by Gasteiger charge is -2.36. The van der Waals surface area contributed by atoms with Gasteiger partial charge in [0.25, 0.3) is 0 Å². The van der Waals surface area contributed by atoms with Gasteiger partial charge in [0.15, 0.2) is 0 Å². The van der Waals surface area contributed by atoms with E-state index in [2.05, 4.69) is 32.7 Å². The molecule has 1 rings (SSSR count). The summed E-state index contributed by atoms with van der Waals surface area (Å²) in [6.07, 6.45) is 2.44. The van der Waals surface area contributed by atoms with Gasteiger partial charge in [-0.2, -0.15) is 0 Å². The quantitative estimate of drug-likeness (QED) is 0.778. The molecule has 1 aliphatic heterocycles. The first kappa shape index (κ1) is 15.9. The maximum atomic E-state index is 10.4. The summed E-state index contributed by atoms with van der Waals surface area (Å²) in [6.45, 7) is 9.50. The summed E-state index contributed by atoms with van der Waals surface area (Å²) in [5.74, 6) is 0. The minimum Gasteiger partial charge on any atom is -0.388 e. The molecule has 0 bridgehead atoms. The van der Waals surface area contributed by atoms with E-state index >= 15 is 0 Å². The topological polar surface area (TPSA) is 58.7 Å². The van der Waals surface area contributed by atoms with Crippen LogP contribution < -0.4 is 5.73 Å². The summed E-state index contributed by atoms with van der Waals surface area (Å²) in [5.41, 5.74) is 5.73. The molecule has 0 aromatic rings. The second-order valence-electron chi connectivity index (χ2n) is 6.84. The zero-order valence-electron chi connectivity index (χ0n) is 12.4. The van der Waals surface area contributed by atoms with Crippen molar-refractivity contribution < 1.29 is 9.84 Å². The second kappa shape index (κ2) is 6.33. The minimum atomic E-state index is -0.571. The fourth-order valence-electron chi connectivity index (χ4n) is 2.28. The Labute approximate surface area is 111 Å². The third-order valence-corrected chi connectivity index (χ3v) is 3.92. The average Bonchev–Trinajstić information content (AvgIpc) is 2.24. The highest BCUT2D eigenvalue weighted by molar-refractivity contribution is 4.85. The molecule has 3 N–H and O–H groups in total. The highest BCUT2D eigenvalue weighted by atomic mass is 16.5. The maximum absolute atomic E-state index is 10.4. The van der Waals surface area contributed by atoms with E-state index in [-0.39, 0.29) is 11.5 Å². The predicted octanol–water partition coefficient (Wildman–Crippen LogP) is 1.22. The molecule has 0 aliphatic carbocycles. The number of ether oxygens (including phenoxy) is 1. The van der Waals surface area contributed by atoms with Gasteiger partial charge >= 0.3 is 0 Å². The van der Waals surface area contributed by atoms with Crippen molar-refractivity contribution in [3.63, 3.8) is 0 Å². The van der Waals surface area contributed by atoms with Gasteiger partial charge in [0.1, 0.15) is 0 Å². The molecule has 0 spiro atoms. The minimum absolute atomic E-state index is 0.149. The molecule has 1 unspecified atom stereocenters. The van der Waals surface area contributed by atoms with Crippen LogP contribution in [0.25, 0.3) is 0 Å². The first-order valence-electron chi connectivity index (χ1n) is 6.97. The summed E-state index contributed by atoms with van der Waals surface area (Å²) in [7, 11) is 2.06. The first-order valence-corrected chi connectivity index (χ1v) is 6.97. The van der Waals surface area contributed by atoms with Gasteiger partial charge < -0.3 is 20.5 Å². The normalized spacial score (nSPS) is 22.2. The molecular formula is C14H30N2O2. The molecule has 0 aromatic heterocycles. The summed E-state index contributed by atoms with van der Waals surface area (Å²) in [5, 5.41) is 10.4. The van der Waals surface area contributed by atoms with Gasteiger partial charge in [-0.05, 0) is 25.4 Å². The van der Waals surface area contributed by atoms with Crippen LogP contribution in [-0.2, 0) is 4.74 Å². The van der Waals surface area contributed by atoms with Crippen LogP contribution in [0.5, 0.6) is 0 Å². The maximum Gasteiger partial charge on any atom is 0.0817 e. The highest BCUT2D eigenvalue weighted by Gasteiger charge is 2.31. The van der Waals surface area contributed by atoms with Crippen LogP contribution in [-0.4, -0.2) is 55.0 Å². The van der Waals surface area contributed by atoms with Crippen LogP contribution in [0.15, 0.2) is 0 Å². The van der Waals surface area contributed by atoms with Crippen LogP contribution in [0.2, 0.25) is 0 Å². The molecule has 1 aliphatic rings. The van der Waals surface area contributed by atoms with E-state index in [1.807, 2.05) is 0 Å². The Kier molecular flexibility index (Phi) is 5.59. The summed E-state index contributed by atoms with van der Waals surface area (Å²) in [4.78, 5) is 2.19. The van der Waals surface area contributed by atoms with Crippen LogP contribution in [0, 0.1) is 5.41 Å². The lowest BCUT2D eigenvalue weighted by Crippen LogP contribution is -2.47. The summed E-state index contributed by atoms with van der Waals surface area (Å²) >= 11 is 0. The summed E-state index contributed by atoms with van der Waals surface area (Å²) in [6, 6.07) is 0.198. The lowest BCUT2D eigenvalue weighted by molar-refractivity contribution is -0.0771. The van der Waals surface area contributed by atoms with E-state index in [1.165, 1.54) is 0 Å². The molecule has 4 heteroatoms. The van der Waals surface area contributed by atoms with E-state index in [1.54, 1.807) is 0 Å². The summed E-state index contributed by atoms with van der Waals surface area (Å²) < 4.78 is 5.29. The van der Waals surface area contributed by atoms with Gasteiger partial charge in [0.2, 0.25) is 0 Å². The number of hydrogen-bond donors (Lipinski definition) is 2. The molecule has 1 heterocycles. The Bertz CT molecular complexity index is 245. The van der Waals surface area contributed by atoms with Crippen LogP contribution in [0.4, 0.5) is 0 Å². The number of aliphatic hydroxyl groups is 1. The molecule has 0 radical (unpaired) electrons. The standard InChI is InChI=1S/C14H30N2O2/c1-13(2,3)12(15)5-8-16(4)11-14(17)6-9-18-10-7-14/h12,17H,5-11,15H2,1-4H3. The Morgan fingerprint density at radius 1 is 1.33 bits per heavy atom. The van der Waals surface area contributed by atoms with Crippen molar-refractivity contribution >= 4 is 0 Å². The Balaban J connectivity index is 2.30. The van der Waals surface area contributed by atoms with Crippen molar-refractivity contribution in [2.75, 3.05) is 33.4 Å². The molecule has 1 fully saturated rings. The molecule has 0 aromatic carbocycles.